The Morgan fingerprint density at radius 2 is 2.05 bits per heavy atom. The van der Waals surface area contributed by atoms with Gasteiger partial charge in [0.15, 0.2) is 5.13 Å². The van der Waals surface area contributed by atoms with Gasteiger partial charge in [-0.25, -0.2) is 13.4 Å². The van der Waals surface area contributed by atoms with Crippen molar-refractivity contribution in [1.29, 1.82) is 0 Å². The quantitative estimate of drug-likeness (QED) is 0.849. The van der Waals surface area contributed by atoms with Crippen LogP contribution >= 0.6 is 11.3 Å². The second-order valence-electron chi connectivity index (χ2n) is 4.08. The molecule has 2 N–H and O–H groups in total. The fourth-order valence-corrected chi connectivity index (χ4v) is 3.27. The first-order valence-electron chi connectivity index (χ1n) is 5.87. The Balaban J connectivity index is 2.05. The molecule has 0 atom stereocenters. The Labute approximate surface area is 125 Å². The SMILES string of the molecule is O=C(O)Cc1csc(NS(=O)(=O)/C=C/c2ccccc2)n1. The zero-order valence-electron chi connectivity index (χ0n) is 10.8. The van der Waals surface area contributed by atoms with Crippen LogP contribution in [0.2, 0.25) is 0 Å². The number of benzene rings is 1. The minimum absolute atomic E-state index is 0.143. The fourth-order valence-electron chi connectivity index (χ4n) is 1.48. The summed E-state index contributed by atoms with van der Waals surface area (Å²) in [6, 6.07) is 9.00. The lowest BCUT2D eigenvalue weighted by molar-refractivity contribution is -0.136. The summed E-state index contributed by atoms with van der Waals surface area (Å²) in [6.07, 6.45) is 1.23. The van der Waals surface area contributed by atoms with Crippen LogP contribution in [0.25, 0.3) is 6.08 Å². The normalized spacial score (nSPS) is 11.6. The Kier molecular flexibility index (Phi) is 4.71. The van der Waals surface area contributed by atoms with Gasteiger partial charge in [0.05, 0.1) is 17.5 Å². The van der Waals surface area contributed by atoms with Crippen LogP contribution in [-0.4, -0.2) is 24.5 Å². The van der Waals surface area contributed by atoms with Crippen LogP contribution in [0, 0.1) is 0 Å². The highest BCUT2D eigenvalue weighted by atomic mass is 32.2. The molecule has 0 spiro atoms. The van der Waals surface area contributed by atoms with Crippen molar-refractivity contribution in [1.82, 2.24) is 4.98 Å². The molecule has 0 aliphatic rings. The van der Waals surface area contributed by atoms with E-state index in [1.54, 1.807) is 24.3 Å². The Bertz CT molecular complexity index is 751. The number of nitrogens with zero attached hydrogens (tertiary/aromatic N) is 1. The van der Waals surface area contributed by atoms with Gasteiger partial charge in [-0.05, 0) is 11.6 Å². The molecule has 1 aromatic heterocycles. The van der Waals surface area contributed by atoms with Crippen molar-refractivity contribution in [3.8, 4) is 0 Å². The number of hydrogen-bond donors (Lipinski definition) is 2. The number of thiazole rings is 1. The second kappa shape index (κ2) is 6.51. The molecule has 0 saturated heterocycles. The maximum atomic E-state index is 11.9. The highest BCUT2D eigenvalue weighted by Crippen LogP contribution is 2.18. The number of aromatic nitrogens is 1. The smallest absolute Gasteiger partial charge is 0.309 e. The zero-order valence-corrected chi connectivity index (χ0v) is 12.4. The van der Waals surface area contributed by atoms with Crippen LogP contribution in [-0.2, 0) is 21.2 Å². The lowest BCUT2D eigenvalue weighted by Crippen LogP contribution is -2.09. The van der Waals surface area contributed by atoms with Gasteiger partial charge in [-0.1, -0.05) is 30.3 Å². The van der Waals surface area contributed by atoms with Crippen LogP contribution in [0.3, 0.4) is 0 Å². The molecule has 2 aromatic rings. The molecule has 0 aliphatic carbocycles. The molecule has 1 heterocycles. The third-order valence-electron chi connectivity index (χ3n) is 2.35. The first-order valence-corrected chi connectivity index (χ1v) is 8.29. The van der Waals surface area contributed by atoms with Gasteiger partial charge in [-0.15, -0.1) is 11.3 Å². The van der Waals surface area contributed by atoms with E-state index in [0.717, 1.165) is 22.3 Å². The lowest BCUT2D eigenvalue weighted by Gasteiger charge is -1.99. The lowest BCUT2D eigenvalue weighted by atomic mass is 10.2. The molecular formula is C13H12N2O4S2. The van der Waals surface area contributed by atoms with Gasteiger partial charge in [-0.3, -0.25) is 9.52 Å². The number of carboxylic acid groups (broad SMARTS) is 1. The molecule has 0 fully saturated rings. The summed E-state index contributed by atoms with van der Waals surface area (Å²) in [4.78, 5) is 14.4. The van der Waals surface area contributed by atoms with E-state index in [1.165, 1.54) is 11.5 Å². The number of carbonyl (C=O) groups is 1. The standard InChI is InChI=1S/C13H12N2O4S2/c16-12(17)8-11-9-20-13(14-11)15-21(18,19)7-6-10-4-2-1-3-5-10/h1-7,9H,8H2,(H,14,15)(H,16,17)/b7-6+. The molecule has 8 heteroatoms. The van der Waals surface area contributed by atoms with Gasteiger partial charge in [0.2, 0.25) is 0 Å². The fraction of sp³-hybridized carbons (Fsp3) is 0.0769. The molecule has 0 saturated carbocycles. The van der Waals surface area contributed by atoms with Gasteiger partial charge in [0, 0.05) is 5.38 Å². The minimum atomic E-state index is -3.68. The third kappa shape index (κ3) is 5.01. The molecule has 0 radical (unpaired) electrons. The van der Waals surface area contributed by atoms with Crippen molar-refractivity contribution in [2.24, 2.45) is 0 Å². The maximum Gasteiger partial charge on any atom is 0.309 e. The number of anilines is 1. The average Bonchev–Trinajstić information content (AvgIpc) is 2.83. The van der Waals surface area contributed by atoms with Crippen LogP contribution in [0.1, 0.15) is 11.3 Å². The van der Waals surface area contributed by atoms with Gasteiger partial charge in [0.25, 0.3) is 10.0 Å². The number of aliphatic carboxylic acids is 1. The van der Waals surface area contributed by atoms with Crippen molar-refractivity contribution in [3.63, 3.8) is 0 Å². The van der Waals surface area contributed by atoms with Gasteiger partial charge < -0.3 is 5.11 Å². The Morgan fingerprint density at radius 3 is 2.71 bits per heavy atom. The number of nitrogens with one attached hydrogen (secondary N) is 1. The first kappa shape index (κ1) is 15.2. The molecule has 6 nitrogen and oxygen atoms in total. The van der Waals surface area contributed by atoms with Crippen molar-refractivity contribution in [3.05, 3.63) is 52.4 Å². The average molecular weight is 324 g/mol. The summed E-state index contributed by atoms with van der Waals surface area (Å²) in [6.45, 7) is 0. The van der Waals surface area contributed by atoms with Gasteiger partial charge in [0.1, 0.15) is 0 Å². The highest BCUT2D eigenvalue weighted by Gasteiger charge is 2.11. The second-order valence-corrected chi connectivity index (χ2v) is 6.50. The van der Waals surface area contributed by atoms with E-state index in [0.29, 0.717) is 5.69 Å². The van der Waals surface area contributed by atoms with Crippen molar-refractivity contribution in [2.75, 3.05) is 4.72 Å². The molecule has 0 unspecified atom stereocenters. The third-order valence-corrected chi connectivity index (χ3v) is 4.26. The molecule has 0 aliphatic heterocycles. The van der Waals surface area contributed by atoms with E-state index >= 15 is 0 Å². The first-order chi connectivity index (χ1) is 9.94. The minimum Gasteiger partial charge on any atom is -0.481 e. The number of rotatable bonds is 6. The molecular weight excluding hydrogens is 312 g/mol. The Morgan fingerprint density at radius 1 is 1.33 bits per heavy atom. The number of carboxylic acids is 1. The molecule has 0 bridgehead atoms. The topological polar surface area (TPSA) is 96.4 Å². The molecule has 0 amide bonds. The highest BCUT2D eigenvalue weighted by molar-refractivity contribution is 7.95. The van der Waals surface area contributed by atoms with E-state index in [-0.39, 0.29) is 11.6 Å². The zero-order chi connectivity index (χ0) is 15.3. The summed E-state index contributed by atoms with van der Waals surface area (Å²) in [7, 11) is -3.68. The van der Waals surface area contributed by atoms with Crippen molar-refractivity contribution >= 4 is 38.5 Å². The van der Waals surface area contributed by atoms with E-state index < -0.39 is 16.0 Å². The summed E-state index contributed by atoms with van der Waals surface area (Å²) in [5.41, 5.74) is 1.07. The Hall–Kier alpha value is -2.19. The number of sulfonamides is 1. The molecule has 2 rings (SSSR count). The predicted octanol–water partition coefficient (Wildman–Crippen LogP) is 2.18. The van der Waals surface area contributed by atoms with Crippen molar-refractivity contribution in [2.45, 2.75) is 6.42 Å². The number of hydrogen-bond acceptors (Lipinski definition) is 5. The van der Waals surface area contributed by atoms with Crippen LogP contribution in [0.5, 0.6) is 0 Å². The van der Waals surface area contributed by atoms with Crippen molar-refractivity contribution < 1.29 is 18.3 Å². The van der Waals surface area contributed by atoms with Crippen LogP contribution in [0.15, 0.2) is 41.1 Å². The molecule has 1 aromatic carbocycles. The summed E-state index contributed by atoms with van der Waals surface area (Å²) >= 11 is 1.04. The van der Waals surface area contributed by atoms with Crippen LogP contribution < -0.4 is 4.72 Å². The van der Waals surface area contributed by atoms with E-state index in [1.807, 2.05) is 6.07 Å². The van der Waals surface area contributed by atoms with E-state index in [2.05, 4.69) is 9.71 Å². The summed E-state index contributed by atoms with van der Waals surface area (Å²) < 4.78 is 26.0. The largest absolute Gasteiger partial charge is 0.481 e. The molecule has 21 heavy (non-hydrogen) atoms. The monoisotopic (exact) mass is 324 g/mol. The summed E-state index contributed by atoms with van der Waals surface area (Å²) in [5, 5.41) is 11.3. The van der Waals surface area contributed by atoms with Gasteiger partial charge in [-0.2, -0.15) is 0 Å². The summed E-state index contributed by atoms with van der Waals surface area (Å²) in [5.74, 6) is -1.02. The van der Waals surface area contributed by atoms with E-state index in [4.69, 9.17) is 5.11 Å². The van der Waals surface area contributed by atoms with Crippen LogP contribution in [0.4, 0.5) is 5.13 Å². The van der Waals surface area contributed by atoms with Gasteiger partial charge >= 0.3 is 5.97 Å². The van der Waals surface area contributed by atoms with E-state index in [9.17, 15) is 13.2 Å². The maximum absolute atomic E-state index is 11.9. The molecule has 110 valence electrons. The predicted molar refractivity (Wildman–Crippen MR) is 81.5 cm³/mol.